The summed E-state index contributed by atoms with van der Waals surface area (Å²) in [6.07, 6.45) is 3.06. The summed E-state index contributed by atoms with van der Waals surface area (Å²) >= 11 is 0. The number of aromatic nitrogens is 1. The maximum Gasteiger partial charge on any atom is 0.322 e. The predicted octanol–water partition coefficient (Wildman–Crippen LogP) is 3.00. The van der Waals surface area contributed by atoms with Crippen LogP contribution in [-0.4, -0.2) is 42.0 Å². The molecule has 2 N–H and O–H groups in total. The van der Waals surface area contributed by atoms with Gasteiger partial charge in [-0.15, -0.1) is 0 Å². The summed E-state index contributed by atoms with van der Waals surface area (Å²) in [5, 5.41) is 5.41. The minimum atomic E-state index is -0.368. The molecule has 8 heteroatoms. The first-order valence-electron chi connectivity index (χ1n) is 8.73. The van der Waals surface area contributed by atoms with Crippen LogP contribution < -0.4 is 15.4 Å². The molecule has 3 rings (SSSR count). The molecule has 1 aliphatic rings. The van der Waals surface area contributed by atoms with Gasteiger partial charge in [-0.05, 0) is 49.2 Å². The second kappa shape index (κ2) is 8.48. The van der Waals surface area contributed by atoms with Crippen LogP contribution in [0.15, 0.2) is 42.6 Å². The number of halogens is 1. The lowest BCUT2D eigenvalue weighted by molar-refractivity contribution is -0.125. The number of nitrogens with one attached hydrogen (secondary N) is 2. The van der Waals surface area contributed by atoms with Crippen LogP contribution in [0.25, 0.3) is 0 Å². The maximum atomic E-state index is 13.0. The fourth-order valence-electron chi connectivity index (χ4n) is 2.96. The van der Waals surface area contributed by atoms with Crippen LogP contribution in [0.1, 0.15) is 12.8 Å². The first-order valence-corrected chi connectivity index (χ1v) is 8.73. The van der Waals surface area contributed by atoms with Crippen molar-refractivity contribution in [3.05, 3.63) is 48.4 Å². The molecule has 0 spiro atoms. The summed E-state index contributed by atoms with van der Waals surface area (Å²) in [5.74, 6) is -0.0271. The van der Waals surface area contributed by atoms with Crippen LogP contribution in [0.2, 0.25) is 0 Å². The van der Waals surface area contributed by atoms with Gasteiger partial charge in [0.25, 0.3) is 0 Å². The van der Waals surface area contributed by atoms with E-state index in [9.17, 15) is 14.0 Å². The minimum absolute atomic E-state index is 0.0609. The molecule has 0 radical (unpaired) electrons. The Bertz CT molecular complexity index is 813. The van der Waals surface area contributed by atoms with E-state index in [1.807, 2.05) is 0 Å². The standard InChI is InChI=1S/C19H21FN4O3/c1-21-17(25)13-4-3-11-24(12-13)19(26)23-16-5-2-10-22-18(16)27-15-8-6-14(20)7-9-15/h2,5-10,13H,3-4,11-12H2,1H3,(H,21,25)(H,23,26). The van der Waals surface area contributed by atoms with Gasteiger partial charge in [-0.25, -0.2) is 14.2 Å². The molecule has 27 heavy (non-hydrogen) atoms. The fraction of sp³-hybridized carbons (Fsp3) is 0.316. The van der Waals surface area contributed by atoms with Crippen molar-refractivity contribution >= 4 is 17.6 Å². The van der Waals surface area contributed by atoms with Gasteiger partial charge in [-0.1, -0.05) is 0 Å². The number of piperidine rings is 1. The van der Waals surface area contributed by atoms with Gasteiger partial charge in [0.15, 0.2) is 0 Å². The molecule has 1 unspecified atom stereocenters. The molecule has 142 valence electrons. The Hall–Kier alpha value is -3.16. The Kier molecular flexibility index (Phi) is 5.85. The van der Waals surface area contributed by atoms with Gasteiger partial charge in [0.1, 0.15) is 17.3 Å². The van der Waals surface area contributed by atoms with Crippen molar-refractivity contribution in [2.45, 2.75) is 12.8 Å². The first kappa shape index (κ1) is 18.6. The summed E-state index contributed by atoms with van der Waals surface area (Å²) in [6, 6.07) is 8.55. The van der Waals surface area contributed by atoms with Gasteiger partial charge in [0, 0.05) is 26.3 Å². The molecule has 0 aliphatic carbocycles. The average molecular weight is 372 g/mol. The highest BCUT2D eigenvalue weighted by atomic mass is 19.1. The molecule has 7 nitrogen and oxygen atoms in total. The van der Waals surface area contributed by atoms with Gasteiger partial charge in [0.2, 0.25) is 11.8 Å². The van der Waals surface area contributed by atoms with E-state index in [1.54, 1.807) is 24.1 Å². The zero-order valence-corrected chi connectivity index (χ0v) is 14.9. The number of urea groups is 1. The summed E-state index contributed by atoms with van der Waals surface area (Å²) in [5.41, 5.74) is 0.397. The lowest BCUT2D eigenvalue weighted by Gasteiger charge is -2.31. The van der Waals surface area contributed by atoms with E-state index in [-0.39, 0.29) is 29.6 Å². The van der Waals surface area contributed by atoms with E-state index in [0.717, 1.165) is 12.8 Å². The monoisotopic (exact) mass is 372 g/mol. The zero-order chi connectivity index (χ0) is 19.2. The predicted molar refractivity (Wildman–Crippen MR) is 98.1 cm³/mol. The summed E-state index contributed by atoms with van der Waals surface area (Å²) in [4.78, 5) is 30.2. The SMILES string of the molecule is CNC(=O)C1CCCN(C(=O)Nc2cccnc2Oc2ccc(F)cc2)C1. The Balaban J connectivity index is 1.69. The van der Waals surface area contributed by atoms with Crippen molar-refractivity contribution < 1.29 is 18.7 Å². The number of anilines is 1. The number of nitrogens with zero attached hydrogens (tertiary/aromatic N) is 2. The molecule has 2 aromatic rings. The van der Waals surface area contributed by atoms with Gasteiger partial charge >= 0.3 is 6.03 Å². The fourth-order valence-corrected chi connectivity index (χ4v) is 2.96. The molecule has 1 aliphatic heterocycles. The van der Waals surface area contributed by atoms with E-state index >= 15 is 0 Å². The molecular formula is C19H21FN4O3. The third-order valence-corrected chi connectivity index (χ3v) is 4.37. The van der Waals surface area contributed by atoms with Crippen molar-refractivity contribution in [3.8, 4) is 11.6 Å². The number of likely N-dealkylation sites (tertiary alicyclic amines) is 1. The summed E-state index contributed by atoms with van der Waals surface area (Å²) in [7, 11) is 1.59. The smallest absolute Gasteiger partial charge is 0.322 e. The third-order valence-electron chi connectivity index (χ3n) is 4.37. The van der Waals surface area contributed by atoms with Crippen molar-refractivity contribution in [3.63, 3.8) is 0 Å². The summed E-state index contributed by atoms with van der Waals surface area (Å²) in [6.45, 7) is 0.938. The quantitative estimate of drug-likeness (QED) is 0.864. The molecule has 3 amide bonds. The molecule has 0 bridgehead atoms. The highest BCUT2D eigenvalue weighted by Gasteiger charge is 2.28. The molecule has 0 saturated carbocycles. The number of rotatable bonds is 4. The molecule has 1 atom stereocenters. The lowest BCUT2D eigenvalue weighted by atomic mass is 9.97. The van der Waals surface area contributed by atoms with Gasteiger partial charge in [-0.2, -0.15) is 0 Å². The average Bonchev–Trinajstić information content (AvgIpc) is 2.70. The zero-order valence-electron chi connectivity index (χ0n) is 14.9. The van der Waals surface area contributed by atoms with Crippen LogP contribution in [0.4, 0.5) is 14.9 Å². The highest BCUT2D eigenvalue weighted by Crippen LogP contribution is 2.27. The van der Waals surface area contributed by atoms with E-state index in [4.69, 9.17) is 4.74 Å². The van der Waals surface area contributed by atoms with Gasteiger partial charge in [-0.3, -0.25) is 4.79 Å². The number of carbonyl (C=O) groups excluding carboxylic acids is 2. The summed E-state index contributed by atoms with van der Waals surface area (Å²) < 4.78 is 18.7. The van der Waals surface area contributed by atoms with E-state index < -0.39 is 0 Å². The van der Waals surface area contributed by atoms with Gasteiger partial charge in [0.05, 0.1) is 5.92 Å². The Morgan fingerprint density at radius 3 is 2.78 bits per heavy atom. The largest absolute Gasteiger partial charge is 0.437 e. The van der Waals surface area contributed by atoms with E-state index in [2.05, 4.69) is 15.6 Å². The molecule has 1 aromatic carbocycles. The lowest BCUT2D eigenvalue weighted by Crippen LogP contribution is -2.46. The second-order valence-corrected chi connectivity index (χ2v) is 6.24. The van der Waals surface area contributed by atoms with Crippen molar-refractivity contribution in [2.24, 2.45) is 5.92 Å². The van der Waals surface area contributed by atoms with Crippen molar-refractivity contribution in [1.82, 2.24) is 15.2 Å². The van der Waals surface area contributed by atoms with Crippen LogP contribution in [0.5, 0.6) is 11.6 Å². The molecule has 1 aromatic heterocycles. The number of pyridine rings is 1. The van der Waals surface area contributed by atoms with Gasteiger partial charge < -0.3 is 20.3 Å². The number of carbonyl (C=O) groups is 2. The van der Waals surface area contributed by atoms with E-state index in [0.29, 0.717) is 24.5 Å². The first-order chi connectivity index (χ1) is 13.1. The van der Waals surface area contributed by atoms with Crippen molar-refractivity contribution in [2.75, 3.05) is 25.5 Å². The second-order valence-electron chi connectivity index (χ2n) is 6.24. The molecule has 1 saturated heterocycles. The minimum Gasteiger partial charge on any atom is -0.437 e. The molecular weight excluding hydrogens is 351 g/mol. The Morgan fingerprint density at radius 1 is 1.26 bits per heavy atom. The number of hydrogen-bond acceptors (Lipinski definition) is 4. The number of benzene rings is 1. The molecule has 2 heterocycles. The number of hydrogen-bond donors (Lipinski definition) is 2. The van der Waals surface area contributed by atoms with E-state index in [1.165, 1.54) is 30.5 Å². The number of ether oxygens (including phenoxy) is 1. The highest BCUT2D eigenvalue weighted by molar-refractivity contribution is 5.91. The Labute approximate surface area is 156 Å². The van der Waals surface area contributed by atoms with Crippen LogP contribution in [0, 0.1) is 11.7 Å². The third kappa shape index (κ3) is 4.72. The van der Waals surface area contributed by atoms with Crippen LogP contribution in [0.3, 0.4) is 0 Å². The number of amides is 3. The molecule has 1 fully saturated rings. The Morgan fingerprint density at radius 2 is 2.04 bits per heavy atom. The topological polar surface area (TPSA) is 83.6 Å². The van der Waals surface area contributed by atoms with Crippen molar-refractivity contribution in [1.29, 1.82) is 0 Å². The normalized spacial score (nSPS) is 16.5. The van der Waals surface area contributed by atoms with Crippen LogP contribution >= 0.6 is 0 Å². The maximum absolute atomic E-state index is 13.0. The van der Waals surface area contributed by atoms with Crippen LogP contribution in [-0.2, 0) is 4.79 Å².